The minimum absolute atomic E-state index is 0.158. The standard InChI is InChI=1S/C17H24ClN3O4/c1-3-17(4-2,9-15(23)24)21-14(22)11-20-16(25)19-10-12-5-7-13(18)8-6-12/h5-8H,3-4,9-11H2,1-2H3,(H,21,22)(H,23,24)(H2,19,20,25). The molecule has 1 aromatic carbocycles. The van der Waals surface area contributed by atoms with Crippen molar-refractivity contribution in [3.05, 3.63) is 34.9 Å². The summed E-state index contributed by atoms with van der Waals surface area (Å²) in [6, 6.07) is 6.54. The van der Waals surface area contributed by atoms with Crippen molar-refractivity contribution in [3.63, 3.8) is 0 Å². The van der Waals surface area contributed by atoms with E-state index in [1.807, 2.05) is 13.8 Å². The molecule has 0 spiro atoms. The number of carbonyl (C=O) groups excluding carboxylic acids is 2. The largest absolute Gasteiger partial charge is 0.481 e. The molecule has 138 valence electrons. The van der Waals surface area contributed by atoms with Crippen molar-refractivity contribution in [2.24, 2.45) is 0 Å². The minimum Gasteiger partial charge on any atom is -0.481 e. The molecular formula is C17H24ClN3O4. The van der Waals surface area contributed by atoms with E-state index in [4.69, 9.17) is 16.7 Å². The number of halogens is 1. The summed E-state index contributed by atoms with van der Waals surface area (Å²) in [6.07, 6.45) is 0.823. The van der Waals surface area contributed by atoms with Crippen LogP contribution in [0.3, 0.4) is 0 Å². The second-order valence-corrected chi connectivity index (χ2v) is 6.21. The van der Waals surface area contributed by atoms with Crippen LogP contribution in [0, 0.1) is 0 Å². The zero-order valence-corrected chi connectivity index (χ0v) is 15.2. The van der Waals surface area contributed by atoms with Gasteiger partial charge in [-0.05, 0) is 30.5 Å². The number of benzene rings is 1. The van der Waals surface area contributed by atoms with Crippen LogP contribution in [0.5, 0.6) is 0 Å². The Morgan fingerprint density at radius 2 is 1.68 bits per heavy atom. The van der Waals surface area contributed by atoms with Gasteiger partial charge in [-0.15, -0.1) is 0 Å². The molecule has 0 saturated carbocycles. The third-order valence-electron chi connectivity index (χ3n) is 4.02. The van der Waals surface area contributed by atoms with Crippen molar-refractivity contribution >= 4 is 29.5 Å². The Balaban J connectivity index is 2.42. The first-order valence-corrected chi connectivity index (χ1v) is 8.47. The first-order chi connectivity index (χ1) is 11.8. The number of aliphatic carboxylic acids is 1. The quantitative estimate of drug-likeness (QED) is 0.535. The number of rotatable bonds is 9. The minimum atomic E-state index is -0.974. The molecule has 8 heteroatoms. The van der Waals surface area contributed by atoms with Gasteiger partial charge in [0.2, 0.25) is 5.91 Å². The summed E-state index contributed by atoms with van der Waals surface area (Å²) in [4.78, 5) is 34.7. The van der Waals surface area contributed by atoms with E-state index in [0.717, 1.165) is 5.56 Å². The average molecular weight is 370 g/mol. The van der Waals surface area contributed by atoms with Crippen LogP contribution in [-0.2, 0) is 16.1 Å². The lowest BCUT2D eigenvalue weighted by molar-refractivity contribution is -0.139. The number of hydrogen-bond donors (Lipinski definition) is 4. The Kier molecular flexibility index (Phi) is 8.21. The van der Waals surface area contributed by atoms with E-state index in [9.17, 15) is 14.4 Å². The third kappa shape index (κ3) is 7.43. The number of hydrogen-bond acceptors (Lipinski definition) is 3. The van der Waals surface area contributed by atoms with Gasteiger partial charge < -0.3 is 21.1 Å². The summed E-state index contributed by atoms with van der Waals surface area (Å²) in [6.45, 7) is 3.71. The Morgan fingerprint density at radius 1 is 1.08 bits per heavy atom. The van der Waals surface area contributed by atoms with Crippen LogP contribution in [-0.4, -0.2) is 35.1 Å². The van der Waals surface area contributed by atoms with E-state index < -0.39 is 23.4 Å². The third-order valence-corrected chi connectivity index (χ3v) is 4.28. The molecule has 3 amide bonds. The fraction of sp³-hybridized carbons (Fsp3) is 0.471. The maximum absolute atomic E-state index is 12.0. The van der Waals surface area contributed by atoms with Crippen LogP contribution in [0.4, 0.5) is 4.79 Å². The molecule has 0 radical (unpaired) electrons. The maximum atomic E-state index is 12.0. The van der Waals surface area contributed by atoms with Crippen molar-refractivity contribution in [2.75, 3.05) is 6.54 Å². The highest BCUT2D eigenvalue weighted by molar-refractivity contribution is 6.30. The molecule has 4 N–H and O–H groups in total. The number of carboxylic acid groups (broad SMARTS) is 1. The SMILES string of the molecule is CCC(CC)(CC(=O)O)NC(=O)CNC(=O)NCc1ccc(Cl)cc1. The second kappa shape index (κ2) is 9.88. The lowest BCUT2D eigenvalue weighted by atomic mass is 9.89. The summed E-state index contributed by atoms with van der Waals surface area (Å²) < 4.78 is 0. The molecular weight excluding hydrogens is 346 g/mol. The molecule has 25 heavy (non-hydrogen) atoms. The van der Waals surface area contributed by atoms with Gasteiger partial charge in [0.05, 0.1) is 18.5 Å². The van der Waals surface area contributed by atoms with Crippen LogP contribution in [0.15, 0.2) is 24.3 Å². The van der Waals surface area contributed by atoms with Gasteiger partial charge in [0.25, 0.3) is 0 Å². The number of amides is 3. The molecule has 1 aromatic rings. The van der Waals surface area contributed by atoms with Gasteiger partial charge in [0.1, 0.15) is 0 Å². The van der Waals surface area contributed by atoms with Crippen LogP contribution in [0.2, 0.25) is 5.02 Å². The van der Waals surface area contributed by atoms with Crippen molar-refractivity contribution in [1.82, 2.24) is 16.0 Å². The molecule has 0 heterocycles. The Hall–Kier alpha value is -2.28. The van der Waals surface area contributed by atoms with Gasteiger partial charge in [-0.25, -0.2) is 4.79 Å². The zero-order valence-electron chi connectivity index (χ0n) is 14.4. The fourth-order valence-electron chi connectivity index (χ4n) is 2.36. The molecule has 0 aliphatic heterocycles. The monoisotopic (exact) mass is 369 g/mol. The summed E-state index contributed by atoms with van der Waals surface area (Å²) >= 11 is 5.79. The Labute approximate surface area is 152 Å². The van der Waals surface area contributed by atoms with E-state index in [0.29, 0.717) is 24.4 Å². The lowest BCUT2D eigenvalue weighted by Crippen LogP contribution is -2.52. The van der Waals surface area contributed by atoms with Crippen molar-refractivity contribution in [1.29, 1.82) is 0 Å². The fourth-order valence-corrected chi connectivity index (χ4v) is 2.48. The lowest BCUT2D eigenvalue weighted by Gasteiger charge is -2.31. The van der Waals surface area contributed by atoms with Gasteiger partial charge >= 0.3 is 12.0 Å². The highest BCUT2D eigenvalue weighted by atomic mass is 35.5. The highest BCUT2D eigenvalue weighted by Gasteiger charge is 2.30. The van der Waals surface area contributed by atoms with Gasteiger partial charge in [-0.3, -0.25) is 9.59 Å². The van der Waals surface area contributed by atoms with Crippen LogP contribution in [0.1, 0.15) is 38.7 Å². The van der Waals surface area contributed by atoms with E-state index in [-0.39, 0.29) is 13.0 Å². The molecule has 0 fully saturated rings. The predicted octanol–water partition coefficient (Wildman–Crippen LogP) is 2.29. The molecule has 0 atom stereocenters. The van der Waals surface area contributed by atoms with Gasteiger partial charge in [0.15, 0.2) is 0 Å². The summed E-state index contributed by atoms with van der Waals surface area (Å²) in [5.74, 6) is -1.40. The highest BCUT2D eigenvalue weighted by Crippen LogP contribution is 2.19. The zero-order chi connectivity index (χ0) is 18.9. The van der Waals surface area contributed by atoms with Crippen molar-refractivity contribution < 1.29 is 19.5 Å². The first-order valence-electron chi connectivity index (χ1n) is 8.09. The van der Waals surface area contributed by atoms with E-state index in [1.165, 1.54) is 0 Å². The predicted molar refractivity (Wildman–Crippen MR) is 95.4 cm³/mol. The van der Waals surface area contributed by atoms with Gasteiger partial charge in [-0.2, -0.15) is 0 Å². The normalized spacial score (nSPS) is 10.8. The summed E-state index contributed by atoms with van der Waals surface area (Å²) in [7, 11) is 0. The maximum Gasteiger partial charge on any atom is 0.315 e. The molecule has 0 unspecified atom stereocenters. The van der Waals surface area contributed by atoms with Crippen LogP contribution in [0.25, 0.3) is 0 Å². The number of nitrogens with one attached hydrogen (secondary N) is 3. The summed E-state index contributed by atoms with van der Waals surface area (Å²) in [5.41, 5.74) is 0.0751. The Bertz CT molecular complexity index is 600. The molecule has 0 aliphatic rings. The Morgan fingerprint density at radius 3 is 2.20 bits per heavy atom. The molecule has 1 rings (SSSR count). The van der Waals surface area contributed by atoms with Crippen molar-refractivity contribution in [2.45, 2.75) is 45.2 Å². The van der Waals surface area contributed by atoms with E-state index in [1.54, 1.807) is 24.3 Å². The second-order valence-electron chi connectivity index (χ2n) is 5.77. The van der Waals surface area contributed by atoms with Gasteiger partial charge in [-0.1, -0.05) is 37.6 Å². The smallest absolute Gasteiger partial charge is 0.315 e. The molecule has 0 saturated heterocycles. The van der Waals surface area contributed by atoms with E-state index in [2.05, 4.69) is 16.0 Å². The number of carbonyl (C=O) groups is 3. The molecule has 0 aromatic heterocycles. The van der Waals surface area contributed by atoms with Crippen LogP contribution < -0.4 is 16.0 Å². The number of carboxylic acids is 1. The molecule has 7 nitrogen and oxygen atoms in total. The first kappa shape index (κ1) is 20.8. The topological polar surface area (TPSA) is 108 Å². The molecule has 0 aliphatic carbocycles. The van der Waals surface area contributed by atoms with Crippen molar-refractivity contribution in [3.8, 4) is 0 Å². The number of urea groups is 1. The van der Waals surface area contributed by atoms with Crippen LogP contribution >= 0.6 is 11.6 Å². The van der Waals surface area contributed by atoms with Gasteiger partial charge in [0, 0.05) is 11.6 Å². The molecule has 0 bridgehead atoms. The summed E-state index contributed by atoms with van der Waals surface area (Å²) in [5, 5.41) is 17.4. The average Bonchev–Trinajstić information content (AvgIpc) is 2.58. The van der Waals surface area contributed by atoms with E-state index >= 15 is 0 Å².